The molecule has 1 unspecified atom stereocenters. The maximum absolute atomic E-state index is 9.03. The van der Waals surface area contributed by atoms with Crippen molar-refractivity contribution in [2.45, 2.75) is 58.0 Å². The monoisotopic (exact) mass is 245 g/mol. The average molecular weight is 245 g/mol. The first kappa shape index (κ1) is 14.3. The number of hydrogen-bond acceptors (Lipinski definition) is 3. The summed E-state index contributed by atoms with van der Waals surface area (Å²) in [6, 6.07) is 1.17. The molecule has 0 amide bonds. The lowest BCUT2D eigenvalue weighted by molar-refractivity contribution is 0.192. The van der Waals surface area contributed by atoms with Crippen LogP contribution in [0.4, 0.5) is 0 Å². The van der Waals surface area contributed by atoms with Crippen molar-refractivity contribution < 1.29 is 5.11 Å². The number of nitrogens with one attached hydrogen (secondary N) is 1. The van der Waals surface area contributed by atoms with E-state index in [4.69, 9.17) is 5.11 Å². The van der Waals surface area contributed by atoms with Crippen molar-refractivity contribution in [1.29, 1.82) is 0 Å². The molecule has 1 fully saturated rings. The third kappa shape index (κ3) is 5.07. The van der Waals surface area contributed by atoms with Crippen molar-refractivity contribution in [2.24, 2.45) is 5.41 Å². The second kappa shape index (κ2) is 6.87. The Morgan fingerprint density at radius 3 is 2.50 bits per heavy atom. The first-order valence-corrected chi connectivity index (χ1v) is 7.82. The van der Waals surface area contributed by atoms with Crippen molar-refractivity contribution in [2.75, 3.05) is 18.6 Å². The molecule has 16 heavy (non-hydrogen) atoms. The zero-order valence-corrected chi connectivity index (χ0v) is 11.8. The van der Waals surface area contributed by atoms with E-state index in [9.17, 15) is 0 Å². The summed E-state index contributed by atoms with van der Waals surface area (Å²) in [7, 11) is 0. The summed E-state index contributed by atoms with van der Waals surface area (Å²) < 4.78 is 0. The van der Waals surface area contributed by atoms with Crippen LogP contribution in [-0.4, -0.2) is 35.8 Å². The highest BCUT2D eigenvalue weighted by Crippen LogP contribution is 2.35. The van der Waals surface area contributed by atoms with Crippen molar-refractivity contribution in [3.8, 4) is 0 Å². The van der Waals surface area contributed by atoms with Crippen molar-refractivity contribution in [3.05, 3.63) is 0 Å². The van der Waals surface area contributed by atoms with Crippen molar-refractivity contribution in [3.63, 3.8) is 0 Å². The van der Waals surface area contributed by atoms with Crippen LogP contribution in [0.1, 0.15) is 46.0 Å². The summed E-state index contributed by atoms with van der Waals surface area (Å²) in [5.74, 6) is 1.11. The molecule has 0 aromatic carbocycles. The van der Waals surface area contributed by atoms with Crippen LogP contribution < -0.4 is 5.32 Å². The summed E-state index contributed by atoms with van der Waals surface area (Å²) in [5.41, 5.74) is 0.546. The second-order valence-corrected chi connectivity index (χ2v) is 6.68. The van der Waals surface area contributed by atoms with Crippen LogP contribution in [0.15, 0.2) is 0 Å². The van der Waals surface area contributed by atoms with E-state index in [1.54, 1.807) is 0 Å². The first-order chi connectivity index (χ1) is 7.57. The van der Waals surface area contributed by atoms with Gasteiger partial charge >= 0.3 is 0 Å². The van der Waals surface area contributed by atoms with E-state index in [2.05, 4.69) is 25.4 Å². The van der Waals surface area contributed by atoms with Gasteiger partial charge in [-0.2, -0.15) is 11.8 Å². The average Bonchev–Trinajstić information content (AvgIpc) is 2.22. The van der Waals surface area contributed by atoms with Gasteiger partial charge in [0.15, 0.2) is 0 Å². The Kier molecular flexibility index (Phi) is 6.16. The van der Waals surface area contributed by atoms with Gasteiger partial charge < -0.3 is 10.4 Å². The minimum atomic E-state index is 0.302. The van der Waals surface area contributed by atoms with E-state index in [0.29, 0.717) is 24.1 Å². The maximum Gasteiger partial charge on any atom is 0.0446 e. The molecule has 0 saturated heterocycles. The lowest BCUT2D eigenvalue weighted by Gasteiger charge is -2.36. The fourth-order valence-electron chi connectivity index (χ4n) is 2.47. The Morgan fingerprint density at radius 1 is 1.38 bits per heavy atom. The highest BCUT2D eigenvalue weighted by Gasteiger charge is 2.27. The molecule has 2 N–H and O–H groups in total. The molecular formula is C13H27NOS. The van der Waals surface area contributed by atoms with Gasteiger partial charge in [-0.1, -0.05) is 13.8 Å². The lowest BCUT2D eigenvalue weighted by atomic mass is 9.75. The Hall–Kier alpha value is 0.270. The van der Waals surface area contributed by atoms with Gasteiger partial charge in [0.05, 0.1) is 0 Å². The van der Waals surface area contributed by atoms with Gasteiger partial charge in [0, 0.05) is 24.4 Å². The molecular weight excluding hydrogens is 218 g/mol. The maximum atomic E-state index is 9.03. The molecule has 0 aromatic rings. The molecule has 0 heterocycles. The Labute approximate surface area is 105 Å². The smallest absolute Gasteiger partial charge is 0.0446 e. The molecule has 1 aliphatic carbocycles. The molecule has 0 bridgehead atoms. The molecule has 96 valence electrons. The third-order valence-corrected chi connectivity index (χ3v) is 4.39. The molecule has 2 nitrogen and oxygen atoms in total. The highest BCUT2D eigenvalue weighted by molar-refractivity contribution is 7.98. The minimum absolute atomic E-state index is 0.302. The van der Waals surface area contributed by atoms with Gasteiger partial charge in [0.2, 0.25) is 0 Å². The van der Waals surface area contributed by atoms with Gasteiger partial charge in [-0.3, -0.25) is 0 Å². The number of aliphatic hydroxyl groups is 1. The summed E-state index contributed by atoms with van der Waals surface area (Å²) in [6.07, 6.45) is 8.27. The molecule has 0 radical (unpaired) electrons. The predicted molar refractivity (Wildman–Crippen MR) is 73.0 cm³/mol. The zero-order valence-electron chi connectivity index (χ0n) is 11.0. The molecule has 0 aliphatic heterocycles. The largest absolute Gasteiger partial charge is 0.396 e. The van der Waals surface area contributed by atoms with Crippen molar-refractivity contribution in [1.82, 2.24) is 5.32 Å². The van der Waals surface area contributed by atoms with E-state index in [0.717, 1.165) is 12.2 Å². The van der Waals surface area contributed by atoms with Gasteiger partial charge in [-0.05, 0) is 43.8 Å². The lowest BCUT2D eigenvalue weighted by Crippen LogP contribution is -2.43. The highest BCUT2D eigenvalue weighted by atomic mass is 32.2. The van der Waals surface area contributed by atoms with Crippen LogP contribution in [0.2, 0.25) is 0 Å². The molecule has 1 saturated carbocycles. The van der Waals surface area contributed by atoms with Gasteiger partial charge in [0.1, 0.15) is 0 Å². The first-order valence-electron chi connectivity index (χ1n) is 6.43. The van der Waals surface area contributed by atoms with Crippen LogP contribution >= 0.6 is 11.8 Å². The number of thioether (sulfide) groups is 1. The van der Waals surface area contributed by atoms with Gasteiger partial charge in [-0.25, -0.2) is 0 Å². The normalized spacial score (nSPS) is 23.2. The summed E-state index contributed by atoms with van der Waals surface area (Å²) in [5, 5.41) is 12.7. The topological polar surface area (TPSA) is 32.3 Å². The fraction of sp³-hybridized carbons (Fsp3) is 1.00. The summed E-state index contributed by atoms with van der Waals surface area (Å²) in [4.78, 5) is 0. The summed E-state index contributed by atoms with van der Waals surface area (Å²) >= 11 is 1.86. The molecule has 1 atom stereocenters. The molecule has 1 rings (SSSR count). The van der Waals surface area contributed by atoms with E-state index in [-0.39, 0.29) is 0 Å². The van der Waals surface area contributed by atoms with Crippen LogP contribution in [-0.2, 0) is 0 Å². The number of hydrogen-bond donors (Lipinski definition) is 2. The van der Waals surface area contributed by atoms with E-state index >= 15 is 0 Å². The van der Waals surface area contributed by atoms with Crippen LogP contribution in [0.3, 0.4) is 0 Å². The quantitative estimate of drug-likeness (QED) is 0.754. The molecule has 3 heteroatoms. The second-order valence-electron chi connectivity index (χ2n) is 5.77. The van der Waals surface area contributed by atoms with Gasteiger partial charge in [0.25, 0.3) is 0 Å². The van der Waals surface area contributed by atoms with E-state index in [1.165, 1.54) is 25.7 Å². The number of aliphatic hydroxyl groups excluding tert-OH is 1. The molecule has 0 aromatic heterocycles. The zero-order chi connectivity index (χ0) is 12.0. The standard InChI is InChI=1S/C13H27NOS/c1-13(2)7-4-11(5-8-13)14-12(6-9-15)10-16-3/h11-12,14-15H,4-10H2,1-3H3. The molecule has 1 aliphatic rings. The Morgan fingerprint density at radius 2 is 2.00 bits per heavy atom. The Balaban J connectivity index is 2.30. The van der Waals surface area contributed by atoms with Crippen molar-refractivity contribution >= 4 is 11.8 Å². The molecule has 0 spiro atoms. The van der Waals surface area contributed by atoms with Gasteiger partial charge in [-0.15, -0.1) is 0 Å². The van der Waals surface area contributed by atoms with E-state index < -0.39 is 0 Å². The fourth-order valence-corrected chi connectivity index (χ4v) is 3.14. The van der Waals surface area contributed by atoms with Crippen LogP contribution in [0, 0.1) is 5.41 Å². The predicted octanol–water partition coefficient (Wildman–Crippen LogP) is 2.66. The number of rotatable bonds is 6. The SMILES string of the molecule is CSCC(CCO)NC1CCC(C)(C)CC1. The Bertz CT molecular complexity index is 180. The van der Waals surface area contributed by atoms with Crippen LogP contribution in [0.5, 0.6) is 0 Å². The minimum Gasteiger partial charge on any atom is -0.396 e. The third-order valence-electron chi connectivity index (χ3n) is 3.66. The van der Waals surface area contributed by atoms with Crippen LogP contribution in [0.25, 0.3) is 0 Å². The van der Waals surface area contributed by atoms with E-state index in [1.807, 2.05) is 11.8 Å². The summed E-state index contributed by atoms with van der Waals surface area (Å²) in [6.45, 7) is 5.04.